The molecule has 7 nitrogen and oxygen atoms in total. The van der Waals surface area contributed by atoms with Crippen LogP contribution in [0.15, 0.2) is 47.5 Å². The Balaban J connectivity index is 1.69. The summed E-state index contributed by atoms with van der Waals surface area (Å²) in [5, 5.41) is 0.877. The maximum absolute atomic E-state index is 13.2. The zero-order valence-corrected chi connectivity index (χ0v) is 17.5. The van der Waals surface area contributed by atoms with Gasteiger partial charge in [-0.3, -0.25) is 4.79 Å². The number of ether oxygens (including phenoxy) is 1. The minimum Gasteiger partial charge on any atom is -0.469 e. The molecular weight excluding hydrogens is 409 g/mol. The van der Waals surface area contributed by atoms with Crippen molar-refractivity contribution in [3.05, 3.63) is 59.7 Å². The van der Waals surface area contributed by atoms with Crippen LogP contribution in [0.4, 0.5) is 4.39 Å². The van der Waals surface area contributed by atoms with Gasteiger partial charge in [0.15, 0.2) is 0 Å². The molecule has 1 aliphatic heterocycles. The quantitative estimate of drug-likeness (QED) is 0.580. The molecule has 0 fully saturated rings. The number of sulfonamides is 1. The third-order valence-corrected chi connectivity index (χ3v) is 7.63. The minimum atomic E-state index is -3.77. The van der Waals surface area contributed by atoms with Crippen molar-refractivity contribution in [3.63, 3.8) is 0 Å². The second-order valence-corrected chi connectivity index (χ2v) is 9.33. The molecule has 1 atom stereocenters. The lowest BCUT2D eigenvalue weighted by Gasteiger charge is -2.32. The molecule has 0 amide bonds. The van der Waals surface area contributed by atoms with E-state index in [1.54, 1.807) is 13.2 Å². The van der Waals surface area contributed by atoms with Crippen LogP contribution in [-0.4, -0.2) is 48.4 Å². The van der Waals surface area contributed by atoms with Crippen LogP contribution in [0.3, 0.4) is 0 Å². The molecule has 1 aromatic carbocycles. The molecular formula is C21H22FN3O4S. The molecule has 1 aliphatic rings. The van der Waals surface area contributed by atoms with Gasteiger partial charge in [0.2, 0.25) is 10.0 Å². The monoisotopic (exact) mass is 431 g/mol. The molecule has 0 saturated carbocycles. The van der Waals surface area contributed by atoms with Crippen molar-refractivity contribution >= 4 is 27.0 Å². The van der Waals surface area contributed by atoms with Crippen molar-refractivity contribution in [2.45, 2.75) is 36.7 Å². The molecule has 0 saturated heterocycles. The fourth-order valence-corrected chi connectivity index (χ4v) is 5.44. The second kappa shape index (κ2) is 7.81. The highest BCUT2D eigenvalue weighted by molar-refractivity contribution is 7.89. The second-order valence-electron chi connectivity index (χ2n) is 7.33. The summed E-state index contributed by atoms with van der Waals surface area (Å²) in [6.07, 6.45) is 3.04. The number of methoxy groups -OCH3 is 1. The van der Waals surface area contributed by atoms with E-state index in [0.29, 0.717) is 19.4 Å². The Morgan fingerprint density at radius 1 is 1.30 bits per heavy atom. The smallest absolute Gasteiger partial charge is 0.310 e. The van der Waals surface area contributed by atoms with Crippen molar-refractivity contribution in [2.75, 3.05) is 14.2 Å². The van der Waals surface area contributed by atoms with Gasteiger partial charge in [-0.15, -0.1) is 0 Å². The van der Waals surface area contributed by atoms with E-state index in [1.165, 1.54) is 23.5 Å². The number of carbonyl (C=O) groups excluding carboxylic acids is 1. The van der Waals surface area contributed by atoms with E-state index < -0.39 is 15.8 Å². The van der Waals surface area contributed by atoms with Crippen LogP contribution >= 0.6 is 0 Å². The summed E-state index contributed by atoms with van der Waals surface area (Å²) in [6.45, 7) is 0.418. The maximum atomic E-state index is 13.2. The van der Waals surface area contributed by atoms with Crippen molar-refractivity contribution < 1.29 is 22.3 Å². The van der Waals surface area contributed by atoms with Gasteiger partial charge in [-0.05, 0) is 54.8 Å². The summed E-state index contributed by atoms with van der Waals surface area (Å²) in [7, 11) is -0.866. The van der Waals surface area contributed by atoms with E-state index in [0.717, 1.165) is 34.4 Å². The molecule has 0 radical (unpaired) electrons. The lowest BCUT2D eigenvalue weighted by molar-refractivity contribution is -0.139. The molecule has 30 heavy (non-hydrogen) atoms. The first kappa shape index (κ1) is 20.5. The Labute approximate surface area is 174 Å². The Hall–Kier alpha value is -2.78. The number of pyridine rings is 1. The van der Waals surface area contributed by atoms with Gasteiger partial charge in [0.05, 0.1) is 18.4 Å². The Kier molecular flexibility index (Phi) is 5.33. The Bertz CT molecular complexity index is 1200. The number of carbonyl (C=O) groups is 1. The molecule has 2 aromatic heterocycles. The first-order valence-corrected chi connectivity index (χ1v) is 11.0. The maximum Gasteiger partial charge on any atom is 0.310 e. The van der Waals surface area contributed by atoms with Crippen molar-refractivity contribution in [3.8, 4) is 0 Å². The summed E-state index contributed by atoms with van der Waals surface area (Å²) in [5.74, 6) is -0.811. The highest BCUT2D eigenvalue weighted by Crippen LogP contribution is 2.32. The van der Waals surface area contributed by atoms with Gasteiger partial charge in [-0.1, -0.05) is 0 Å². The standard InChI is InChI=1S/C21H22FN3O4S/c1-24(30(27,28)16-8-5-14(22)6-9-16)15-7-10-19-18(12-20(26)29-2)17-4-3-11-23-21(17)25(19)13-15/h3-6,8-9,11,15H,7,10,12-13H2,1-2H3/t15-/m1/s1. The molecule has 158 valence electrons. The fourth-order valence-electron chi connectivity index (χ4n) is 4.06. The average molecular weight is 431 g/mol. The highest BCUT2D eigenvalue weighted by Gasteiger charge is 2.33. The molecule has 9 heteroatoms. The van der Waals surface area contributed by atoms with Crippen LogP contribution in [0.5, 0.6) is 0 Å². The van der Waals surface area contributed by atoms with Crippen molar-refractivity contribution in [2.24, 2.45) is 0 Å². The number of esters is 1. The van der Waals surface area contributed by atoms with Gasteiger partial charge in [-0.2, -0.15) is 4.31 Å². The fraction of sp³-hybridized carbons (Fsp3) is 0.333. The molecule has 0 unspecified atom stereocenters. The van der Waals surface area contributed by atoms with E-state index in [9.17, 15) is 17.6 Å². The Morgan fingerprint density at radius 2 is 2.03 bits per heavy atom. The number of nitrogens with zero attached hydrogens (tertiary/aromatic N) is 3. The largest absolute Gasteiger partial charge is 0.469 e. The van der Waals surface area contributed by atoms with Gasteiger partial charge < -0.3 is 9.30 Å². The van der Waals surface area contributed by atoms with Crippen LogP contribution < -0.4 is 0 Å². The first-order valence-electron chi connectivity index (χ1n) is 9.58. The number of aromatic nitrogens is 2. The van der Waals surface area contributed by atoms with Crippen LogP contribution in [0, 0.1) is 5.82 Å². The first-order chi connectivity index (χ1) is 14.3. The average Bonchev–Trinajstić information content (AvgIpc) is 3.06. The molecule has 0 aliphatic carbocycles. The third kappa shape index (κ3) is 3.48. The van der Waals surface area contributed by atoms with Gasteiger partial charge in [0.1, 0.15) is 11.5 Å². The van der Waals surface area contributed by atoms with Gasteiger partial charge in [0.25, 0.3) is 0 Å². The van der Waals surface area contributed by atoms with E-state index in [2.05, 4.69) is 4.98 Å². The molecule has 0 N–H and O–H groups in total. The van der Waals surface area contributed by atoms with Crippen LogP contribution in [-0.2, 0) is 38.9 Å². The molecule has 4 rings (SSSR count). The zero-order valence-electron chi connectivity index (χ0n) is 16.7. The number of rotatable bonds is 5. The number of hydrogen-bond donors (Lipinski definition) is 0. The molecule has 3 aromatic rings. The van der Waals surface area contributed by atoms with Gasteiger partial charge in [0, 0.05) is 36.9 Å². The highest BCUT2D eigenvalue weighted by atomic mass is 32.2. The zero-order chi connectivity index (χ0) is 21.5. The predicted octanol–water partition coefficient (Wildman–Crippen LogP) is 2.53. The molecule has 0 bridgehead atoms. The van der Waals surface area contributed by atoms with Crippen molar-refractivity contribution in [1.29, 1.82) is 0 Å². The summed E-state index contributed by atoms with van der Waals surface area (Å²) in [5.41, 5.74) is 2.59. The number of likely N-dealkylation sites (N-methyl/N-ethyl adjacent to an activating group) is 1. The van der Waals surface area contributed by atoms with E-state index in [-0.39, 0.29) is 23.3 Å². The third-order valence-electron chi connectivity index (χ3n) is 5.70. The minimum absolute atomic E-state index is 0.0547. The summed E-state index contributed by atoms with van der Waals surface area (Å²) in [4.78, 5) is 16.5. The lowest BCUT2D eigenvalue weighted by atomic mass is 10.0. The SMILES string of the molecule is COC(=O)Cc1c2n(c3ncccc13)C[C@H](N(C)S(=O)(=O)c1ccc(F)cc1)CC2. The number of halogens is 1. The number of fused-ring (bicyclic) bond motifs is 3. The van der Waals surface area contributed by atoms with E-state index in [1.807, 2.05) is 16.7 Å². The lowest BCUT2D eigenvalue weighted by Crippen LogP contribution is -2.42. The van der Waals surface area contributed by atoms with E-state index >= 15 is 0 Å². The summed E-state index contributed by atoms with van der Waals surface area (Å²) in [6, 6.07) is 8.27. The topological polar surface area (TPSA) is 81.5 Å². The summed E-state index contributed by atoms with van der Waals surface area (Å²) >= 11 is 0. The number of benzene rings is 1. The normalized spacial score (nSPS) is 16.6. The summed E-state index contributed by atoms with van der Waals surface area (Å²) < 4.78 is 47.4. The van der Waals surface area contributed by atoms with Gasteiger partial charge >= 0.3 is 5.97 Å². The van der Waals surface area contributed by atoms with Gasteiger partial charge in [-0.25, -0.2) is 17.8 Å². The van der Waals surface area contributed by atoms with Crippen LogP contribution in [0.1, 0.15) is 17.7 Å². The van der Waals surface area contributed by atoms with Crippen LogP contribution in [0.2, 0.25) is 0 Å². The Morgan fingerprint density at radius 3 is 2.73 bits per heavy atom. The van der Waals surface area contributed by atoms with Crippen LogP contribution in [0.25, 0.3) is 11.0 Å². The molecule has 0 spiro atoms. The number of hydrogen-bond acceptors (Lipinski definition) is 5. The molecule has 3 heterocycles. The predicted molar refractivity (Wildman–Crippen MR) is 109 cm³/mol. The van der Waals surface area contributed by atoms with Crippen molar-refractivity contribution in [1.82, 2.24) is 13.9 Å². The van der Waals surface area contributed by atoms with E-state index in [4.69, 9.17) is 4.74 Å².